The minimum atomic E-state index is 0.458. The molecule has 0 saturated heterocycles. The van der Waals surface area contributed by atoms with Crippen LogP contribution < -0.4 is 20.2 Å². The van der Waals surface area contributed by atoms with Crippen molar-refractivity contribution in [2.24, 2.45) is 5.10 Å². The third kappa shape index (κ3) is 5.74. The van der Waals surface area contributed by atoms with E-state index in [0.29, 0.717) is 29.8 Å². The van der Waals surface area contributed by atoms with Gasteiger partial charge in [0.25, 0.3) is 0 Å². The maximum absolute atomic E-state index is 6.01. The normalized spacial score (nSPS) is 10.6. The summed E-state index contributed by atoms with van der Waals surface area (Å²) in [5.41, 5.74) is 7.21. The SMILES string of the molecule is CCOc1cc(/C=N/NC(=S)NC)ccc1OCc1cc(C)ccc1C. The molecule has 138 valence electrons. The van der Waals surface area contributed by atoms with Gasteiger partial charge in [0, 0.05) is 7.05 Å². The van der Waals surface area contributed by atoms with Crippen molar-refractivity contribution in [3.05, 3.63) is 58.7 Å². The average Bonchev–Trinajstić information content (AvgIpc) is 2.63. The number of hydrazone groups is 1. The maximum Gasteiger partial charge on any atom is 0.186 e. The second kappa shape index (κ2) is 9.77. The number of rotatable bonds is 7. The van der Waals surface area contributed by atoms with Crippen molar-refractivity contribution in [1.82, 2.24) is 10.7 Å². The first-order valence-corrected chi connectivity index (χ1v) is 8.91. The van der Waals surface area contributed by atoms with E-state index in [4.69, 9.17) is 21.7 Å². The summed E-state index contributed by atoms with van der Waals surface area (Å²) in [4.78, 5) is 0. The second-order valence-corrected chi connectivity index (χ2v) is 6.22. The van der Waals surface area contributed by atoms with E-state index in [1.54, 1.807) is 13.3 Å². The zero-order chi connectivity index (χ0) is 18.9. The molecule has 0 aliphatic heterocycles. The fourth-order valence-electron chi connectivity index (χ4n) is 2.33. The number of nitrogens with one attached hydrogen (secondary N) is 2. The first kappa shape index (κ1) is 19.7. The van der Waals surface area contributed by atoms with Crippen molar-refractivity contribution < 1.29 is 9.47 Å². The molecule has 2 aromatic carbocycles. The minimum absolute atomic E-state index is 0.458. The number of ether oxygens (including phenoxy) is 2. The Morgan fingerprint density at radius 2 is 1.92 bits per heavy atom. The van der Waals surface area contributed by atoms with Crippen molar-refractivity contribution in [3.8, 4) is 11.5 Å². The van der Waals surface area contributed by atoms with Gasteiger partial charge in [-0.1, -0.05) is 23.8 Å². The van der Waals surface area contributed by atoms with Crippen LogP contribution in [0.4, 0.5) is 0 Å². The summed E-state index contributed by atoms with van der Waals surface area (Å²) in [5.74, 6) is 1.40. The summed E-state index contributed by atoms with van der Waals surface area (Å²) in [6.07, 6.45) is 1.68. The van der Waals surface area contributed by atoms with E-state index in [2.05, 4.69) is 47.9 Å². The zero-order valence-corrected chi connectivity index (χ0v) is 16.4. The highest BCUT2D eigenvalue weighted by Crippen LogP contribution is 2.29. The summed E-state index contributed by atoms with van der Waals surface area (Å²) >= 11 is 4.98. The summed E-state index contributed by atoms with van der Waals surface area (Å²) < 4.78 is 11.7. The van der Waals surface area contributed by atoms with Crippen LogP contribution in [0.5, 0.6) is 11.5 Å². The van der Waals surface area contributed by atoms with Crippen LogP contribution in [-0.2, 0) is 6.61 Å². The van der Waals surface area contributed by atoms with Gasteiger partial charge in [-0.3, -0.25) is 5.43 Å². The topological polar surface area (TPSA) is 54.9 Å². The molecule has 0 heterocycles. The molecule has 0 unspecified atom stereocenters. The fourth-order valence-corrected chi connectivity index (χ4v) is 2.38. The van der Waals surface area contributed by atoms with Gasteiger partial charge in [-0.25, -0.2) is 0 Å². The summed E-state index contributed by atoms with van der Waals surface area (Å²) in [6.45, 7) is 7.17. The van der Waals surface area contributed by atoms with E-state index < -0.39 is 0 Å². The molecule has 0 saturated carbocycles. The Morgan fingerprint density at radius 3 is 2.65 bits per heavy atom. The van der Waals surface area contributed by atoms with Crippen LogP contribution in [0.2, 0.25) is 0 Å². The molecular weight excluding hydrogens is 346 g/mol. The fraction of sp³-hybridized carbons (Fsp3) is 0.300. The van der Waals surface area contributed by atoms with Gasteiger partial charge in [-0.2, -0.15) is 5.10 Å². The first-order valence-electron chi connectivity index (χ1n) is 8.50. The van der Waals surface area contributed by atoms with E-state index in [1.165, 1.54) is 16.7 Å². The van der Waals surface area contributed by atoms with E-state index in [9.17, 15) is 0 Å². The lowest BCUT2D eigenvalue weighted by Crippen LogP contribution is -2.28. The molecule has 5 nitrogen and oxygen atoms in total. The summed E-state index contributed by atoms with van der Waals surface area (Å²) in [7, 11) is 1.74. The van der Waals surface area contributed by atoms with Gasteiger partial charge in [0.1, 0.15) is 6.61 Å². The second-order valence-electron chi connectivity index (χ2n) is 5.81. The molecule has 0 fully saturated rings. The van der Waals surface area contributed by atoms with Gasteiger partial charge in [-0.05, 0) is 67.9 Å². The Hall–Kier alpha value is -2.60. The van der Waals surface area contributed by atoms with Crippen LogP contribution in [0.1, 0.15) is 29.2 Å². The zero-order valence-electron chi connectivity index (χ0n) is 15.6. The molecular formula is C20H25N3O2S. The maximum atomic E-state index is 6.01. The van der Waals surface area contributed by atoms with Gasteiger partial charge in [0.15, 0.2) is 16.6 Å². The van der Waals surface area contributed by atoms with Crippen molar-refractivity contribution >= 4 is 23.5 Å². The number of aryl methyl sites for hydroxylation is 2. The Labute approximate surface area is 160 Å². The molecule has 26 heavy (non-hydrogen) atoms. The van der Waals surface area contributed by atoms with E-state index >= 15 is 0 Å². The lowest BCUT2D eigenvalue weighted by molar-refractivity contribution is 0.269. The van der Waals surface area contributed by atoms with Crippen molar-refractivity contribution in [2.45, 2.75) is 27.4 Å². The van der Waals surface area contributed by atoms with Crippen molar-refractivity contribution in [2.75, 3.05) is 13.7 Å². The van der Waals surface area contributed by atoms with E-state index in [-0.39, 0.29) is 0 Å². The molecule has 0 amide bonds. The minimum Gasteiger partial charge on any atom is -0.490 e. The standard InChI is InChI=1S/C20H25N3O2S/c1-5-24-19-11-16(12-22-23-20(26)21-4)8-9-18(19)25-13-17-10-14(2)6-7-15(17)3/h6-12H,5,13H2,1-4H3,(H2,21,23,26)/b22-12+. The Kier molecular flexibility index (Phi) is 7.41. The lowest BCUT2D eigenvalue weighted by Gasteiger charge is -2.14. The highest BCUT2D eigenvalue weighted by Gasteiger charge is 2.08. The Balaban J connectivity index is 2.12. The van der Waals surface area contributed by atoms with E-state index in [0.717, 1.165) is 5.56 Å². The molecule has 0 radical (unpaired) electrons. The molecule has 0 aliphatic rings. The van der Waals surface area contributed by atoms with E-state index in [1.807, 2.05) is 25.1 Å². The van der Waals surface area contributed by atoms with Crippen LogP contribution in [0.3, 0.4) is 0 Å². The monoisotopic (exact) mass is 371 g/mol. The molecule has 0 aromatic heterocycles. The predicted octanol–water partition coefficient (Wildman–Crippen LogP) is 3.71. The lowest BCUT2D eigenvalue weighted by atomic mass is 10.1. The van der Waals surface area contributed by atoms with Crippen LogP contribution in [0.15, 0.2) is 41.5 Å². The molecule has 6 heteroatoms. The molecule has 0 aliphatic carbocycles. The quantitative estimate of drug-likeness (QED) is 0.441. The van der Waals surface area contributed by atoms with Gasteiger partial charge in [0.05, 0.1) is 12.8 Å². The third-order valence-corrected chi connectivity index (χ3v) is 4.06. The Morgan fingerprint density at radius 1 is 1.12 bits per heavy atom. The highest BCUT2D eigenvalue weighted by molar-refractivity contribution is 7.80. The van der Waals surface area contributed by atoms with Crippen LogP contribution in [0, 0.1) is 13.8 Å². The average molecular weight is 372 g/mol. The van der Waals surface area contributed by atoms with Gasteiger partial charge >= 0.3 is 0 Å². The summed E-state index contributed by atoms with van der Waals surface area (Å²) in [5, 5.41) is 7.34. The number of hydrogen-bond acceptors (Lipinski definition) is 4. The molecule has 2 rings (SSSR count). The Bertz CT molecular complexity index is 791. The van der Waals surface area contributed by atoms with Gasteiger partial charge in [-0.15, -0.1) is 0 Å². The van der Waals surface area contributed by atoms with Gasteiger partial charge in [0.2, 0.25) is 0 Å². The highest BCUT2D eigenvalue weighted by atomic mass is 32.1. The number of hydrogen-bond donors (Lipinski definition) is 2. The third-order valence-electron chi connectivity index (χ3n) is 3.76. The van der Waals surface area contributed by atoms with Crippen molar-refractivity contribution in [3.63, 3.8) is 0 Å². The van der Waals surface area contributed by atoms with Crippen LogP contribution in [0.25, 0.3) is 0 Å². The number of nitrogens with zero attached hydrogens (tertiary/aromatic N) is 1. The molecule has 0 spiro atoms. The largest absolute Gasteiger partial charge is 0.490 e. The number of benzene rings is 2. The molecule has 0 atom stereocenters. The van der Waals surface area contributed by atoms with Crippen LogP contribution >= 0.6 is 12.2 Å². The molecule has 2 N–H and O–H groups in total. The first-order chi connectivity index (χ1) is 12.5. The molecule has 2 aromatic rings. The van der Waals surface area contributed by atoms with Crippen LogP contribution in [-0.4, -0.2) is 25.0 Å². The van der Waals surface area contributed by atoms with Crippen molar-refractivity contribution in [1.29, 1.82) is 0 Å². The molecule has 0 bridgehead atoms. The predicted molar refractivity (Wildman–Crippen MR) is 110 cm³/mol. The summed E-state index contributed by atoms with van der Waals surface area (Å²) in [6, 6.07) is 12.1. The number of thiocarbonyl (C=S) groups is 1. The van der Waals surface area contributed by atoms with Gasteiger partial charge < -0.3 is 14.8 Å². The smallest absolute Gasteiger partial charge is 0.186 e.